The summed E-state index contributed by atoms with van der Waals surface area (Å²) >= 11 is 5.69. The molecule has 29 heavy (non-hydrogen) atoms. The van der Waals surface area contributed by atoms with E-state index in [1.807, 2.05) is 39.6 Å². The lowest BCUT2D eigenvalue weighted by Crippen LogP contribution is -2.47. The van der Waals surface area contributed by atoms with Crippen LogP contribution < -0.4 is 4.90 Å². The third kappa shape index (κ3) is 4.28. The standard InChI is InChI=1S/C21H23FN6S/c1-2-11-27-20(17-7-9-23-10-8-17)24-28(21(27)29)16-25-12-14-26(15-13-25)19-5-3-18(22)4-6-19/h2-10H,1,11-16H2. The SMILES string of the molecule is C=CCn1c(-c2ccncc2)nn(CN2CCN(c3ccc(F)cc3)CC2)c1=S. The first-order valence-corrected chi connectivity index (χ1v) is 9.98. The fraction of sp³-hybridized carbons (Fsp3) is 0.286. The minimum atomic E-state index is -0.207. The van der Waals surface area contributed by atoms with Crippen molar-refractivity contribution < 1.29 is 4.39 Å². The molecule has 3 aromatic rings. The van der Waals surface area contributed by atoms with E-state index in [2.05, 4.69) is 21.4 Å². The quantitative estimate of drug-likeness (QED) is 0.459. The van der Waals surface area contributed by atoms with Gasteiger partial charge in [-0.1, -0.05) is 6.08 Å². The van der Waals surface area contributed by atoms with Gasteiger partial charge in [-0.3, -0.25) is 14.5 Å². The summed E-state index contributed by atoms with van der Waals surface area (Å²) in [5.74, 6) is 0.615. The minimum absolute atomic E-state index is 0.207. The molecule has 6 nitrogen and oxygen atoms in total. The van der Waals surface area contributed by atoms with Gasteiger partial charge in [-0.25, -0.2) is 9.07 Å². The van der Waals surface area contributed by atoms with Crippen LogP contribution in [0.2, 0.25) is 0 Å². The molecule has 0 atom stereocenters. The molecular formula is C21H23FN6S. The maximum atomic E-state index is 13.2. The molecular weight excluding hydrogens is 387 g/mol. The van der Waals surface area contributed by atoms with Crippen LogP contribution in [0.15, 0.2) is 61.4 Å². The number of allylic oxidation sites excluding steroid dienone is 1. The molecule has 0 bridgehead atoms. The van der Waals surface area contributed by atoms with E-state index in [-0.39, 0.29) is 5.82 Å². The molecule has 0 amide bonds. The first-order valence-electron chi connectivity index (χ1n) is 9.57. The number of hydrogen-bond acceptors (Lipinski definition) is 5. The zero-order valence-electron chi connectivity index (χ0n) is 16.1. The lowest BCUT2D eigenvalue weighted by molar-refractivity contribution is 0.194. The second-order valence-corrected chi connectivity index (χ2v) is 7.33. The van der Waals surface area contributed by atoms with E-state index < -0.39 is 0 Å². The van der Waals surface area contributed by atoms with Gasteiger partial charge in [0, 0.05) is 56.4 Å². The van der Waals surface area contributed by atoms with Crippen LogP contribution in [0.5, 0.6) is 0 Å². The van der Waals surface area contributed by atoms with Crippen molar-refractivity contribution in [1.82, 2.24) is 24.2 Å². The lowest BCUT2D eigenvalue weighted by Gasteiger charge is -2.35. The summed E-state index contributed by atoms with van der Waals surface area (Å²) in [7, 11) is 0. The van der Waals surface area contributed by atoms with Crippen LogP contribution in [-0.2, 0) is 13.2 Å². The fourth-order valence-electron chi connectivity index (χ4n) is 3.53. The number of rotatable bonds is 6. The Kier molecular flexibility index (Phi) is 5.82. The monoisotopic (exact) mass is 410 g/mol. The molecule has 0 unspecified atom stereocenters. The Morgan fingerprint density at radius 1 is 1.03 bits per heavy atom. The molecule has 0 spiro atoms. The topological polar surface area (TPSA) is 42.1 Å². The van der Waals surface area contributed by atoms with Crippen molar-refractivity contribution in [3.63, 3.8) is 0 Å². The number of anilines is 1. The first-order chi connectivity index (χ1) is 14.2. The molecule has 1 saturated heterocycles. The average molecular weight is 411 g/mol. The van der Waals surface area contributed by atoms with Gasteiger partial charge in [0.15, 0.2) is 10.6 Å². The second-order valence-electron chi connectivity index (χ2n) is 6.96. The minimum Gasteiger partial charge on any atom is -0.369 e. The molecule has 2 aromatic heterocycles. The molecule has 0 N–H and O–H groups in total. The average Bonchev–Trinajstić information content (AvgIpc) is 3.06. The number of halogens is 1. The Labute approximate surface area is 174 Å². The summed E-state index contributed by atoms with van der Waals surface area (Å²) in [5.41, 5.74) is 2.03. The van der Waals surface area contributed by atoms with Gasteiger partial charge in [0.05, 0.1) is 6.67 Å². The molecule has 1 aliphatic rings. The normalized spacial score (nSPS) is 14.9. The highest BCUT2D eigenvalue weighted by atomic mass is 32.1. The molecule has 1 aromatic carbocycles. The molecule has 150 valence electrons. The number of benzene rings is 1. The Bertz CT molecular complexity index is 1020. The third-order valence-corrected chi connectivity index (χ3v) is 5.50. The number of nitrogens with zero attached hydrogens (tertiary/aromatic N) is 6. The summed E-state index contributed by atoms with van der Waals surface area (Å²) in [5, 5.41) is 4.78. The van der Waals surface area contributed by atoms with Crippen molar-refractivity contribution in [3.8, 4) is 11.4 Å². The molecule has 1 aliphatic heterocycles. The van der Waals surface area contributed by atoms with E-state index in [4.69, 9.17) is 17.3 Å². The van der Waals surface area contributed by atoms with Gasteiger partial charge in [-0.05, 0) is 48.6 Å². The van der Waals surface area contributed by atoms with Gasteiger partial charge >= 0.3 is 0 Å². The number of pyridine rings is 1. The van der Waals surface area contributed by atoms with E-state index in [0.717, 1.165) is 43.3 Å². The van der Waals surface area contributed by atoms with Crippen LogP contribution in [0, 0.1) is 10.6 Å². The lowest BCUT2D eigenvalue weighted by atomic mass is 10.2. The number of aromatic nitrogens is 4. The largest absolute Gasteiger partial charge is 0.369 e. The summed E-state index contributed by atoms with van der Waals surface area (Å²) in [4.78, 5) is 8.69. The molecule has 4 rings (SSSR count). The van der Waals surface area contributed by atoms with Crippen LogP contribution >= 0.6 is 12.2 Å². The number of piperazine rings is 1. The van der Waals surface area contributed by atoms with Gasteiger partial charge in [-0.15, -0.1) is 6.58 Å². The summed E-state index contributed by atoms with van der Waals surface area (Å²) < 4.78 is 17.7. The molecule has 0 radical (unpaired) electrons. The highest BCUT2D eigenvalue weighted by Crippen LogP contribution is 2.20. The predicted octanol–water partition coefficient (Wildman–Crippen LogP) is 3.58. The van der Waals surface area contributed by atoms with E-state index in [1.54, 1.807) is 12.4 Å². The van der Waals surface area contributed by atoms with Crippen molar-refractivity contribution in [2.24, 2.45) is 0 Å². The van der Waals surface area contributed by atoms with Gasteiger partial charge < -0.3 is 4.90 Å². The van der Waals surface area contributed by atoms with Crippen molar-refractivity contribution in [1.29, 1.82) is 0 Å². The molecule has 1 fully saturated rings. The predicted molar refractivity (Wildman–Crippen MR) is 115 cm³/mol. The van der Waals surface area contributed by atoms with Crippen molar-refractivity contribution in [3.05, 3.63) is 72.0 Å². The summed E-state index contributed by atoms with van der Waals surface area (Å²) in [6.45, 7) is 8.62. The molecule has 0 aliphatic carbocycles. The van der Waals surface area contributed by atoms with E-state index in [9.17, 15) is 4.39 Å². The highest BCUT2D eigenvalue weighted by Gasteiger charge is 2.19. The molecule has 3 heterocycles. The first kappa shape index (κ1) is 19.5. The van der Waals surface area contributed by atoms with Gasteiger partial charge in [0.1, 0.15) is 5.82 Å². The van der Waals surface area contributed by atoms with Gasteiger partial charge in [0.2, 0.25) is 0 Å². The van der Waals surface area contributed by atoms with Crippen LogP contribution in [-0.4, -0.2) is 50.4 Å². The van der Waals surface area contributed by atoms with Crippen LogP contribution in [0.25, 0.3) is 11.4 Å². The summed E-state index contributed by atoms with van der Waals surface area (Å²) in [6.07, 6.45) is 5.34. The fourth-order valence-corrected chi connectivity index (χ4v) is 3.79. The van der Waals surface area contributed by atoms with Crippen molar-refractivity contribution in [2.45, 2.75) is 13.2 Å². The van der Waals surface area contributed by atoms with Crippen molar-refractivity contribution >= 4 is 17.9 Å². The van der Waals surface area contributed by atoms with Gasteiger partial charge in [0.25, 0.3) is 0 Å². The Balaban J connectivity index is 1.48. The maximum Gasteiger partial charge on any atom is 0.199 e. The van der Waals surface area contributed by atoms with E-state index in [1.165, 1.54) is 12.1 Å². The van der Waals surface area contributed by atoms with E-state index in [0.29, 0.717) is 18.0 Å². The summed E-state index contributed by atoms with van der Waals surface area (Å²) in [6, 6.07) is 10.5. The highest BCUT2D eigenvalue weighted by molar-refractivity contribution is 7.71. The van der Waals surface area contributed by atoms with Crippen LogP contribution in [0.3, 0.4) is 0 Å². The molecule has 0 saturated carbocycles. The van der Waals surface area contributed by atoms with E-state index >= 15 is 0 Å². The maximum absolute atomic E-state index is 13.2. The van der Waals surface area contributed by atoms with Crippen molar-refractivity contribution in [2.75, 3.05) is 31.1 Å². The van der Waals surface area contributed by atoms with Gasteiger partial charge in [-0.2, -0.15) is 5.10 Å². The Hall–Kier alpha value is -2.84. The zero-order chi connectivity index (χ0) is 20.2. The smallest absolute Gasteiger partial charge is 0.199 e. The Morgan fingerprint density at radius 2 is 1.72 bits per heavy atom. The van der Waals surface area contributed by atoms with Crippen LogP contribution in [0.4, 0.5) is 10.1 Å². The molecule has 8 heteroatoms. The third-order valence-electron chi connectivity index (χ3n) is 5.07. The zero-order valence-corrected chi connectivity index (χ0v) is 16.9. The Morgan fingerprint density at radius 3 is 2.38 bits per heavy atom. The van der Waals surface area contributed by atoms with Crippen LogP contribution in [0.1, 0.15) is 0 Å². The second kappa shape index (κ2) is 8.67. The number of hydrogen-bond donors (Lipinski definition) is 0.